The van der Waals surface area contributed by atoms with E-state index in [2.05, 4.69) is 5.10 Å². The lowest BCUT2D eigenvalue weighted by Crippen LogP contribution is -2.27. The topological polar surface area (TPSA) is 44.1 Å². The number of hydrogen-bond donors (Lipinski definition) is 0. The van der Waals surface area contributed by atoms with Crippen molar-refractivity contribution in [2.24, 2.45) is 0 Å². The maximum Gasteiger partial charge on any atom is 0.435 e. The number of hydrogen-bond acceptors (Lipinski definition) is 3. The lowest BCUT2D eigenvalue weighted by atomic mass is 10.1. The quantitative estimate of drug-likeness (QED) is 0.636. The number of ether oxygens (including phenoxy) is 1. The van der Waals surface area contributed by atoms with Crippen LogP contribution in [0.5, 0.6) is 0 Å². The molecule has 0 unspecified atom stereocenters. The Morgan fingerprint density at radius 3 is 2.42 bits per heavy atom. The van der Waals surface area contributed by atoms with Crippen LogP contribution in [0.1, 0.15) is 26.3 Å². The van der Waals surface area contributed by atoms with Crippen molar-refractivity contribution in [1.82, 2.24) is 9.78 Å². The highest BCUT2D eigenvalue weighted by molar-refractivity contribution is 5.98. The van der Waals surface area contributed by atoms with Crippen LogP contribution in [0, 0.1) is 12.7 Å². The molecule has 0 fully saturated rings. The molecule has 3 aromatic rings. The molecule has 24 heavy (non-hydrogen) atoms. The van der Waals surface area contributed by atoms with Crippen molar-refractivity contribution in [2.75, 3.05) is 0 Å². The van der Waals surface area contributed by atoms with Gasteiger partial charge in [0.1, 0.15) is 17.1 Å². The fraction of sp³-hybridized carbons (Fsp3) is 0.263. The second-order valence-electron chi connectivity index (χ2n) is 6.77. The summed E-state index contributed by atoms with van der Waals surface area (Å²) in [6, 6.07) is 11.8. The minimum Gasteiger partial charge on any atom is -0.442 e. The zero-order chi connectivity index (χ0) is 17.5. The first-order chi connectivity index (χ1) is 11.2. The number of carbonyl (C=O) groups excluding carboxylic acids is 1. The molecule has 0 N–H and O–H groups in total. The minimum atomic E-state index is -0.615. The van der Waals surface area contributed by atoms with Crippen LogP contribution >= 0.6 is 0 Å². The van der Waals surface area contributed by atoms with Crippen LogP contribution in [-0.4, -0.2) is 21.5 Å². The van der Waals surface area contributed by atoms with Gasteiger partial charge in [-0.15, -0.1) is 0 Å². The zero-order valence-electron chi connectivity index (χ0n) is 14.1. The predicted octanol–water partition coefficient (Wildman–Crippen LogP) is 4.93. The smallest absolute Gasteiger partial charge is 0.435 e. The van der Waals surface area contributed by atoms with Gasteiger partial charge in [-0.2, -0.15) is 9.78 Å². The second-order valence-corrected chi connectivity index (χ2v) is 6.77. The lowest BCUT2D eigenvalue weighted by molar-refractivity contribution is 0.0523. The zero-order valence-corrected chi connectivity index (χ0v) is 14.1. The Hall–Kier alpha value is -2.69. The van der Waals surface area contributed by atoms with E-state index in [1.807, 2.05) is 45.9 Å². The van der Waals surface area contributed by atoms with E-state index in [0.29, 0.717) is 11.2 Å². The number of rotatable bonds is 1. The standard InChI is InChI=1S/C19H19FN2O2/c1-12-5-10-16-15(11-12)17(13-6-8-14(20)9-7-13)21-22(16)18(23)24-19(2,3)4/h5-11H,1-4H3. The van der Waals surface area contributed by atoms with E-state index in [0.717, 1.165) is 16.5 Å². The number of aromatic nitrogens is 2. The first kappa shape index (κ1) is 16.2. The predicted molar refractivity (Wildman–Crippen MR) is 91.5 cm³/mol. The fourth-order valence-electron chi connectivity index (χ4n) is 2.50. The third-order valence-corrected chi connectivity index (χ3v) is 3.52. The summed E-state index contributed by atoms with van der Waals surface area (Å²) in [5.41, 5.74) is 2.47. The van der Waals surface area contributed by atoms with Crippen LogP contribution in [0.25, 0.3) is 22.2 Å². The highest BCUT2D eigenvalue weighted by atomic mass is 19.1. The third kappa shape index (κ3) is 3.15. The van der Waals surface area contributed by atoms with Crippen molar-refractivity contribution in [3.8, 4) is 11.3 Å². The van der Waals surface area contributed by atoms with E-state index in [1.54, 1.807) is 12.1 Å². The summed E-state index contributed by atoms with van der Waals surface area (Å²) in [4.78, 5) is 12.5. The number of halogens is 1. The Balaban J connectivity index is 2.18. The molecule has 1 aromatic heterocycles. The molecule has 0 saturated carbocycles. The van der Waals surface area contributed by atoms with E-state index in [-0.39, 0.29) is 5.82 Å². The molecule has 0 saturated heterocycles. The summed E-state index contributed by atoms with van der Waals surface area (Å²) in [6.45, 7) is 7.39. The molecule has 0 aliphatic rings. The summed E-state index contributed by atoms with van der Waals surface area (Å²) in [7, 11) is 0. The Kier molecular flexibility index (Phi) is 3.87. The van der Waals surface area contributed by atoms with Crippen molar-refractivity contribution in [2.45, 2.75) is 33.3 Å². The number of aryl methyl sites for hydroxylation is 1. The van der Waals surface area contributed by atoms with Crippen molar-refractivity contribution < 1.29 is 13.9 Å². The van der Waals surface area contributed by atoms with Gasteiger partial charge in [0.15, 0.2) is 0 Å². The molecule has 2 aromatic carbocycles. The van der Waals surface area contributed by atoms with Crippen LogP contribution in [-0.2, 0) is 4.74 Å². The first-order valence-electron chi connectivity index (χ1n) is 7.73. The summed E-state index contributed by atoms with van der Waals surface area (Å²) >= 11 is 0. The summed E-state index contributed by atoms with van der Waals surface area (Å²) < 4.78 is 19.9. The van der Waals surface area contributed by atoms with Gasteiger partial charge in [0.05, 0.1) is 5.52 Å². The summed E-state index contributed by atoms with van der Waals surface area (Å²) in [5.74, 6) is -0.314. The molecule has 0 atom stereocenters. The van der Waals surface area contributed by atoms with Gasteiger partial charge in [-0.1, -0.05) is 11.6 Å². The first-order valence-corrected chi connectivity index (χ1v) is 7.73. The largest absolute Gasteiger partial charge is 0.442 e. The maximum atomic E-state index is 13.2. The Morgan fingerprint density at radius 2 is 1.79 bits per heavy atom. The van der Waals surface area contributed by atoms with Gasteiger partial charge in [0.2, 0.25) is 0 Å². The Bertz CT molecular complexity index is 906. The molecule has 3 rings (SSSR count). The van der Waals surface area contributed by atoms with E-state index in [1.165, 1.54) is 16.8 Å². The fourth-order valence-corrected chi connectivity index (χ4v) is 2.50. The maximum absolute atomic E-state index is 13.2. The second kappa shape index (κ2) is 5.74. The number of nitrogens with zero attached hydrogens (tertiary/aromatic N) is 2. The normalized spacial score (nSPS) is 11.7. The Labute approximate surface area is 139 Å². The molecule has 124 valence electrons. The monoisotopic (exact) mass is 326 g/mol. The third-order valence-electron chi connectivity index (χ3n) is 3.52. The molecule has 0 spiro atoms. The molecule has 0 radical (unpaired) electrons. The van der Waals surface area contributed by atoms with Crippen molar-refractivity contribution in [3.63, 3.8) is 0 Å². The van der Waals surface area contributed by atoms with Crippen LogP contribution in [0.2, 0.25) is 0 Å². The van der Waals surface area contributed by atoms with E-state index in [4.69, 9.17) is 4.74 Å². The van der Waals surface area contributed by atoms with Gasteiger partial charge in [-0.3, -0.25) is 0 Å². The van der Waals surface area contributed by atoms with Gasteiger partial charge in [0.25, 0.3) is 0 Å². The molecular formula is C19H19FN2O2. The van der Waals surface area contributed by atoms with Crippen LogP contribution < -0.4 is 0 Å². The van der Waals surface area contributed by atoms with Gasteiger partial charge in [-0.05, 0) is 64.1 Å². The summed E-state index contributed by atoms with van der Waals surface area (Å²) in [5, 5.41) is 5.26. The summed E-state index contributed by atoms with van der Waals surface area (Å²) in [6.07, 6.45) is -0.537. The molecule has 0 amide bonds. The average Bonchev–Trinajstić information content (AvgIpc) is 2.85. The number of carbonyl (C=O) groups is 1. The van der Waals surface area contributed by atoms with Gasteiger partial charge in [0, 0.05) is 10.9 Å². The van der Waals surface area contributed by atoms with Crippen molar-refractivity contribution in [3.05, 3.63) is 53.8 Å². The van der Waals surface area contributed by atoms with E-state index in [9.17, 15) is 9.18 Å². The highest BCUT2D eigenvalue weighted by Crippen LogP contribution is 2.29. The molecule has 0 aliphatic heterocycles. The average molecular weight is 326 g/mol. The molecule has 0 bridgehead atoms. The highest BCUT2D eigenvalue weighted by Gasteiger charge is 2.22. The number of fused-ring (bicyclic) bond motifs is 1. The van der Waals surface area contributed by atoms with Gasteiger partial charge >= 0.3 is 6.09 Å². The molecule has 4 nitrogen and oxygen atoms in total. The van der Waals surface area contributed by atoms with E-state index < -0.39 is 11.7 Å². The SMILES string of the molecule is Cc1ccc2c(c1)c(-c1ccc(F)cc1)nn2C(=O)OC(C)(C)C. The Morgan fingerprint density at radius 1 is 1.12 bits per heavy atom. The van der Waals surface area contributed by atoms with E-state index >= 15 is 0 Å². The van der Waals surface area contributed by atoms with Crippen LogP contribution in [0.4, 0.5) is 9.18 Å². The molecule has 0 aliphatic carbocycles. The van der Waals surface area contributed by atoms with Crippen molar-refractivity contribution in [1.29, 1.82) is 0 Å². The molecular weight excluding hydrogens is 307 g/mol. The van der Waals surface area contributed by atoms with Crippen LogP contribution in [0.15, 0.2) is 42.5 Å². The number of benzene rings is 2. The van der Waals surface area contributed by atoms with Crippen molar-refractivity contribution >= 4 is 17.0 Å². The van der Waals surface area contributed by atoms with Gasteiger partial charge in [-0.25, -0.2) is 9.18 Å². The lowest BCUT2D eigenvalue weighted by Gasteiger charge is -2.19. The van der Waals surface area contributed by atoms with Crippen LogP contribution in [0.3, 0.4) is 0 Å². The minimum absolute atomic E-state index is 0.314. The molecule has 5 heteroatoms. The van der Waals surface area contributed by atoms with Gasteiger partial charge < -0.3 is 4.74 Å². The molecule has 1 heterocycles.